The number of ether oxygens (including phenoxy) is 1. The monoisotopic (exact) mass is 823 g/mol. The number of nitrogens with zero attached hydrogens (tertiary/aromatic N) is 3. The molecule has 11 aromatic rings. The molecule has 294 valence electrons. The summed E-state index contributed by atoms with van der Waals surface area (Å²) in [5.74, 6) is 1.47. The Morgan fingerprint density at radius 1 is 0.556 bits per heavy atom. The molecule has 0 N–H and O–H groups in total. The minimum atomic E-state index is -0.209. The molecule has 0 saturated carbocycles. The van der Waals surface area contributed by atoms with Crippen molar-refractivity contribution in [1.29, 1.82) is 0 Å². The van der Waals surface area contributed by atoms with Gasteiger partial charge in [0.2, 0.25) is 0 Å². The van der Waals surface area contributed by atoms with Crippen LogP contribution in [-0.4, -0.2) is 22.2 Å². The lowest BCUT2D eigenvalue weighted by Gasteiger charge is -2.25. The highest BCUT2D eigenvalue weighted by Gasteiger charge is 2.37. The maximum atomic E-state index is 6.77. The molecule has 0 radical (unpaired) electrons. The van der Waals surface area contributed by atoms with Crippen LogP contribution < -0.4 is 4.74 Å². The predicted molar refractivity (Wildman–Crippen MR) is 261 cm³/mol. The fourth-order valence-corrected chi connectivity index (χ4v) is 11.3. The summed E-state index contributed by atoms with van der Waals surface area (Å²) in [5, 5.41) is 9.17. The van der Waals surface area contributed by atoms with Gasteiger partial charge in [0.15, 0.2) is 5.84 Å². The normalized spacial score (nSPS) is 17.2. The summed E-state index contributed by atoms with van der Waals surface area (Å²) in [6, 6.07) is 59.9. The number of aromatic nitrogens is 1. The van der Waals surface area contributed by atoms with Gasteiger partial charge in [0.25, 0.3) is 0 Å². The Morgan fingerprint density at radius 3 is 2.22 bits per heavy atom. The van der Waals surface area contributed by atoms with E-state index in [2.05, 4.69) is 162 Å². The van der Waals surface area contributed by atoms with Crippen LogP contribution in [0.25, 0.3) is 80.4 Å². The number of fused-ring (bicyclic) bond motifs is 13. The Morgan fingerprint density at radius 2 is 1.29 bits per heavy atom. The van der Waals surface area contributed by atoms with Crippen LogP contribution in [0.4, 0.5) is 0 Å². The molecule has 0 saturated heterocycles. The molecule has 1 aliphatic carbocycles. The van der Waals surface area contributed by atoms with Crippen molar-refractivity contribution >= 4 is 103 Å². The highest BCUT2D eigenvalue weighted by molar-refractivity contribution is 7.25. The third-order valence-electron chi connectivity index (χ3n) is 13.0. The van der Waals surface area contributed by atoms with Crippen molar-refractivity contribution in [3.63, 3.8) is 0 Å². The topological polar surface area (TPSA) is 52.0 Å². The number of para-hydroxylation sites is 3. The van der Waals surface area contributed by atoms with Gasteiger partial charge in [0.1, 0.15) is 28.7 Å². The second-order valence-corrected chi connectivity index (χ2v) is 17.6. The zero-order valence-electron chi connectivity index (χ0n) is 33.6. The summed E-state index contributed by atoms with van der Waals surface area (Å²) in [5.41, 5.74) is 14.2. The largest absolute Gasteiger partial charge is 0.485 e. The molecule has 2 aliphatic heterocycles. The summed E-state index contributed by atoms with van der Waals surface area (Å²) in [6.07, 6.45) is 6.50. The third-order valence-corrected chi connectivity index (χ3v) is 14.1. The number of aliphatic imine (C=N–C) groups is 2. The lowest BCUT2D eigenvalue weighted by Crippen LogP contribution is -2.21. The van der Waals surface area contributed by atoms with Crippen LogP contribution in [0.2, 0.25) is 0 Å². The number of thiophene rings is 1. The first-order valence-electron chi connectivity index (χ1n) is 21.3. The van der Waals surface area contributed by atoms with Gasteiger partial charge in [-0.3, -0.25) is 0 Å². The van der Waals surface area contributed by atoms with Crippen molar-refractivity contribution in [3.8, 4) is 5.75 Å². The lowest BCUT2D eigenvalue weighted by molar-refractivity contribution is 0.269. The molecule has 0 amide bonds. The number of rotatable bonds is 4. The van der Waals surface area contributed by atoms with Crippen LogP contribution in [0, 0.1) is 0 Å². The van der Waals surface area contributed by atoms with E-state index >= 15 is 0 Å². The number of amidine groups is 1. The number of allylic oxidation sites excluding steroid dienone is 1. The fourth-order valence-electron chi connectivity index (χ4n) is 10.2. The van der Waals surface area contributed by atoms with E-state index in [4.69, 9.17) is 19.1 Å². The van der Waals surface area contributed by atoms with Crippen molar-refractivity contribution in [3.05, 3.63) is 222 Å². The SMILES string of the molecule is C1=CC(c2cccc3sc4ccccc4c23)=NC(c2cccc3oc4ccccc4c23)=NC=1C1=CC2c3ccccc3OC2C=C1n1c2ccccc2c2cc3ccccc3cc21. The maximum Gasteiger partial charge on any atom is 0.161 e. The average Bonchev–Trinajstić information content (AvgIpc) is 4.05. The smallest absolute Gasteiger partial charge is 0.161 e. The maximum absolute atomic E-state index is 6.77. The molecule has 5 heterocycles. The van der Waals surface area contributed by atoms with Crippen molar-refractivity contribution in [2.45, 2.75) is 12.0 Å². The van der Waals surface area contributed by atoms with Crippen molar-refractivity contribution in [1.82, 2.24) is 4.57 Å². The second kappa shape index (κ2) is 13.2. The number of furan rings is 1. The van der Waals surface area contributed by atoms with E-state index in [-0.39, 0.29) is 12.0 Å². The minimum Gasteiger partial charge on any atom is -0.485 e. The van der Waals surface area contributed by atoms with E-state index in [1.165, 1.54) is 41.7 Å². The standard InChI is InChI=1S/C57H33N3O2S/c1-2-14-34-30-47-41(29-33(34)13-1)35-15-3-7-21-46(35)60(47)48-32-52-42(36-16-4-8-22-49(36)62-52)31-43(48)45-28-27-44(37-19-12-26-54-56(37)39-18-6-10-25-53(39)63-54)58-57(59-45)40-20-11-24-51-55(40)38-17-5-9-23-50(38)61-51/h1-27,29-32,42,52H. The molecular formula is C57H33N3O2S. The molecule has 14 rings (SSSR count). The number of benzene rings is 8. The van der Waals surface area contributed by atoms with E-state index in [9.17, 15) is 0 Å². The van der Waals surface area contributed by atoms with Crippen LogP contribution in [0.3, 0.4) is 0 Å². The van der Waals surface area contributed by atoms with Gasteiger partial charge < -0.3 is 13.7 Å². The van der Waals surface area contributed by atoms with E-state index in [1.807, 2.05) is 36.4 Å². The van der Waals surface area contributed by atoms with Crippen LogP contribution in [0.15, 0.2) is 219 Å². The van der Waals surface area contributed by atoms with Crippen LogP contribution in [0.1, 0.15) is 22.6 Å². The summed E-state index contributed by atoms with van der Waals surface area (Å²) >= 11 is 1.81. The van der Waals surface area contributed by atoms with Gasteiger partial charge in [-0.2, -0.15) is 0 Å². The zero-order chi connectivity index (χ0) is 41.2. The fraction of sp³-hybridized carbons (Fsp3) is 0.0351. The lowest BCUT2D eigenvalue weighted by atomic mass is 9.86. The Hall–Kier alpha value is -8.02. The van der Waals surface area contributed by atoms with Crippen LogP contribution >= 0.6 is 11.3 Å². The van der Waals surface area contributed by atoms with Gasteiger partial charge in [-0.05, 0) is 65.4 Å². The van der Waals surface area contributed by atoms with Crippen molar-refractivity contribution in [2.75, 3.05) is 0 Å². The molecule has 3 aromatic heterocycles. The summed E-state index contributed by atoms with van der Waals surface area (Å²) in [7, 11) is 0. The van der Waals surface area contributed by atoms with Crippen molar-refractivity contribution < 1.29 is 9.15 Å². The summed E-state index contributed by atoms with van der Waals surface area (Å²) in [6.45, 7) is 0. The van der Waals surface area contributed by atoms with Gasteiger partial charge in [-0.1, -0.05) is 133 Å². The molecule has 0 fully saturated rings. The Bertz CT molecular complexity index is 4010. The molecule has 0 spiro atoms. The highest BCUT2D eigenvalue weighted by Crippen LogP contribution is 2.48. The first-order valence-corrected chi connectivity index (χ1v) is 22.1. The van der Waals surface area contributed by atoms with Crippen molar-refractivity contribution in [2.24, 2.45) is 9.98 Å². The summed E-state index contributed by atoms with van der Waals surface area (Å²) in [4.78, 5) is 11.2. The minimum absolute atomic E-state index is 0.0300. The molecule has 3 aliphatic rings. The third kappa shape index (κ3) is 5.17. The molecule has 5 nitrogen and oxygen atoms in total. The van der Waals surface area contributed by atoms with Gasteiger partial charge in [-0.15, -0.1) is 11.3 Å². The molecule has 6 heteroatoms. The molecular weight excluding hydrogens is 791 g/mol. The van der Waals surface area contributed by atoms with E-state index in [0.29, 0.717) is 11.5 Å². The van der Waals surface area contributed by atoms with Gasteiger partial charge >= 0.3 is 0 Å². The Labute approximate surface area is 364 Å². The molecule has 8 aromatic carbocycles. The first kappa shape index (κ1) is 34.7. The van der Waals surface area contributed by atoms with Gasteiger partial charge in [-0.25, -0.2) is 9.98 Å². The molecule has 63 heavy (non-hydrogen) atoms. The van der Waals surface area contributed by atoms with Gasteiger partial charge in [0, 0.05) is 76.0 Å². The zero-order valence-corrected chi connectivity index (χ0v) is 34.4. The average molecular weight is 824 g/mol. The predicted octanol–water partition coefficient (Wildman–Crippen LogP) is 14.5. The van der Waals surface area contributed by atoms with Gasteiger partial charge in [0.05, 0.1) is 22.4 Å². The second-order valence-electron chi connectivity index (χ2n) is 16.5. The summed E-state index contributed by atoms with van der Waals surface area (Å²) < 4.78 is 18.1. The highest BCUT2D eigenvalue weighted by atomic mass is 32.1. The van der Waals surface area contributed by atoms with E-state index in [0.717, 1.165) is 72.4 Å². The number of hydrogen-bond acceptors (Lipinski definition) is 5. The number of hydrogen-bond donors (Lipinski definition) is 0. The Balaban J connectivity index is 1.07. The van der Waals surface area contributed by atoms with Crippen LogP contribution in [-0.2, 0) is 0 Å². The van der Waals surface area contributed by atoms with E-state index < -0.39 is 0 Å². The Kier molecular flexibility index (Phi) is 7.28. The molecule has 0 bridgehead atoms. The first-order chi connectivity index (χ1) is 31.2. The van der Waals surface area contributed by atoms with E-state index in [1.54, 1.807) is 11.3 Å². The molecule has 2 atom stereocenters. The molecule has 2 unspecified atom stereocenters. The quantitative estimate of drug-likeness (QED) is 0.166. The van der Waals surface area contributed by atoms with Crippen LogP contribution in [0.5, 0.6) is 5.75 Å².